The number of aryl methyl sites for hydroxylation is 2. The fraction of sp³-hybridized carbons (Fsp3) is 0.250. The third kappa shape index (κ3) is 4.76. The van der Waals surface area contributed by atoms with Crippen LogP contribution >= 0.6 is 22.7 Å². The second-order valence-corrected chi connectivity index (χ2v) is 8.46. The highest BCUT2D eigenvalue weighted by Crippen LogP contribution is 2.33. The number of ether oxygens (including phenoxy) is 1. The highest BCUT2D eigenvalue weighted by molar-refractivity contribution is 7.16. The van der Waals surface area contributed by atoms with E-state index in [-0.39, 0.29) is 12.5 Å². The van der Waals surface area contributed by atoms with Crippen LogP contribution in [0.25, 0.3) is 0 Å². The number of rotatable bonds is 6. The number of carbonyl (C=O) groups is 2. The van der Waals surface area contributed by atoms with Crippen LogP contribution in [-0.4, -0.2) is 16.9 Å². The van der Waals surface area contributed by atoms with E-state index in [1.54, 1.807) is 0 Å². The van der Waals surface area contributed by atoms with E-state index in [0.717, 1.165) is 21.3 Å². The number of hydrogen-bond donors (Lipinski definition) is 2. The SMILES string of the molecule is CC(=O)Nc1sc(C)c(C)c1C(=O)OCc1csc(Nc2ccc(C)cc2)n1. The molecule has 2 N–H and O–H groups in total. The predicted octanol–water partition coefficient (Wildman–Crippen LogP) is 5.19. The second kappa shape index (κ2) is 8.53. The van der Waals surface area contributed by atoms with Gasteiger partial charge in [0.15, 0.2) is 5.13 Å². The molecule has 1 aromatic carbocycles. The quantitative estimate of drug-likeness (QED) is 0.542. The van der Waals surface area contributed by atoms with Crippen molar-refractivity contribution in [3.63, 3.8) is 0 Å². The number of hydrogen-bond acceptors (Lipinski definition) is 7. The molecule has 8 heteroatoms. The Kier molecular flexibility index (Phi) is 6.11. The Bertz CT molecular complexity index is 1010. The average molecular weight is 416 g/mol. The third-order valence-corrected chi connectivity index (χ3v) is 6.01. The summed E-state index contributed by atoms with van der Waals surface area (Å²) >= 11 is 2.82. The number of nitrogens with one attached hydrogen (secondary N) is 2. The molecule has 0 atom stereocenters. The number of esters is 1. The van der Waals surface area contributed by atoms with E-state index in [2.05, 4.69) is 15.6 Å². The Labute approximate surface area is 171 Å². The molecule has 0 unspecified atom stereocenters. The minimum absolute atomic E-state index is 0.0682. The van der Waals surface area contributed by atoms with Crippen LogP contribution in [0.1, 0.15) is 39.0 Å². The lowest BCUT2D eigenvalue weighted by Gasteiger charge is -2.06. The average Bonchev–Trinajstić information content (AvgIpc) is 3.19. The number of carbonyl (C=O) groups excluding carboxylic acids is 2. The number of benzene rings is 1. The first-order chi connectivity index (χ1) is 13.3. The maximum atomic E-state index is 12.6. The zero-order valence-electron chi connectivity index (χ0n) is 16.1. The van der Waals surface area contributed by atoms with E-state index in [1.165, 1.54) is 35.2 Å². The van der Waals surface area contributed by atoms with Gasteiger partial charge in [0.05, 0.1) is 11.3 Å². The molecule has 2 aromatic heterocycles. The van der Waals surface area contributed by atoms with Gasteiger partial charge < -0.3 is 15.4 Å². The summed E-state index contributed by atoms with van der Waals surface area (Å²) in [4.78, 5) is 29.4. The van der Waals surface area contributed by atoms with Crippen LogP contribution < -0.4 is 10.6 Å². The van der Waals surface area contributed by atoms with Crippen LogP contribution in [0, 0.1) is 20.8 Å². The van der Waals surface area contributed by atoms with E-state index in [4.69, 9.17) is 4.74 Å². The normalized spacial score (nSPS) is 10.6. The molecule has 0 bridgehead atoms. The number of amides is 1. The van der Waals surface area contributed by atoms with Gasteiger partial charge in [0.2, 0.25) is 5.91 Å². The summed E-state index contributed by atoms with van der Waals surface area (Å²) < 4.78 is 5.44. The Balaban J connectivity index is 1.65. The van der Waals surface area contributed by atoms with Crippen molar-refractivity contribution in [3.8, 4) is 0 Å². The van der Waals surface area contributed by atoms with Crippen molar-refractivity contribution in [2.75, 3.05) is 10.6 Å². The molecule has 6 nitrogen and oxygen atoms in total. The highest BCUT2D eigenvalue weighted by Gasteiger charge is 2.22. The van der Waals surface area contributed by atoms with Crippen LogP contribution in [0.2, 0.25) is 0 Å². The topological polar surface area (TPSA) is 80.3 Å². The second-order valence-electron chi connectivity index (χ2n) is 6.38. The summed E-state index contributed by atoms with van der Waals surface area (Å²) in [5.74, 6) is -0.687. The molecule has 3 rings (SSSR count). The van der Waals surface area contributed by atoms with Gasteiger partial charge >= 0.3 is 5.97 Å². The van der Waals surface area contributed by atoms with E-state index in [1.807, 2.05) is 50.4 Å². The first-order valence-electron chi connectivity index (χ1n) is 8.66. The largest absolute Gasteiger partial charge is 0.455 e. The molecule has 0 aliphatic heterocycles. The molecular formula is C20H21N3O3S2. The van der Waals surface area contributed by atoms with Crippen molar-refractivity contribution >= 4 is 50.4 Å². The lowest BCUT2D eigenvalue weighted by atomic mass is 10.1. The summed E-state index contributed by atoms with van der Waals surface area (Å²) in [6.07, 6.45) is 0. The maximum absolute atomic E-state index is 12.6. The molecule has 28 heavy (non-hydrogen) atoms. The van der Waals surface area contributed by atoms with Crippen LogP contribution in [0.4, 0.5) is 15.8 Å². The smallest absolute Gasteiger partial charge is 0.341 e. The molecule has 0 aliphatic rings. The number of nitrogens with zero attached hydrogens (tertiary/aromatic N) is 1. The number of anilines is 3. The van der Waals surface area contributed by atoms with Gasteiger partial charge in [-0.25, -0.2) is 9.78 Å². The molecule has 3 aromatic rings. The van der Waals surface area contributed by atoms with Gasteiger partial charge in [-0.1, -0.05) is 17.7 Å². The van der Waals surface area contributed by atoms with Gasteiger partial charge in [-0.05, 0) is 38.5 Å². The Hall–Kier alpha value is -2.71. The van der Waals surface area contributed by atoms with E-state index < -0.39 is 5.97 Å². The Morgan fingerprint density at radius 1 is 1.14 bits per heavy atom. The molecule has 2 heterocycles. The fourth-order valence-electron chi connectivity index (χ4n) is 2.52. The van der Waals surface area contributed by atoms with E-state index >= 15 is 0 Å². The van der Waals surface area contributed by atoms with Gasteiger partial charge in [0, 0.05) is 22.9 Å². The fourth-order valence-corrected chi connectivity index (χ4v) is 4.33. The van der Waals surface area contributed by atoms with Crippen LogP contribution in [0.5, 0.6) is 0 Å². The lowest BCUT2D eigenvalue weighted by Crippen LogP contribution is -2.12. The minimum Gasteiger partial charge on any atom is -0.455 e. The van der Waals surface area contributed by atoms with Gasteiger partial charge in [-0.2, -0.15) is 0 Å². The van der Waals surface area contributed by atoms with Gasteiger partial charge in [0.1, 0.15) is 11.6 Å². The monoisotopic (exact) mass is 415 g/mol. The molecule has 0 saturated heterocycles. The van der Waals surface area contributed by atoms with E-state index in [9.17, 15) is 9.59 Å². The van der Waals surface area contributed by atoms with Crippen molar-refractivity contribution < 1.29 is 14.3 Å². The molecule has 1 amide bonds. The number of aromatic nitrogens is 1. The molecule has 0 fully saturated rings. The molecule has 0 radical (unpaired) electrons. The van der Waals surface area contributed by atoms with Crippen LogP contribution in [0.3, 0.4) is 0 Å². The standard InChI is InChI=1S/C20H21N3O3S2/c1-11-5-7-15(8-6-11)22-20-23-16(10-27-20)9-26-19(25)17-12(2)13(3)28-18(17)21-14(4)24/h5-8,10H,9H2,1-4H3,(H,21,24)(H,22,23). The highest BCUT2D eigenvalue weighted by atomic mass is 32.1. The lowest BCUT2D eigenvalue weighted by molar-refractivity contribution is -0.114. The predicted molar refractivity (Wildman–Crippen MR) is 114 cm³/mol. The van der Waals surface area contributed by atoms with Crippen LogP contribution in [0.15, 0.2) is 29.6 Å². The molecule has 146 valence electrons. The van der Waals surface area contributed by atoms with E-state index in [0.29, 0.717) is 16.3 Å². The maximum Gasteiger partial charge on any atom is 0.341 e. The van der Waals surface area contributed by atoms with Crippen LogP contribution in [-0.2, 0) is 16.1 Å². The third-order valence-electron chi connectivity index (χ3n) is 4.08. The number of thiophene rings is 1. The summed E-state index contributed by atoms with van der Waals surface area (Å²) in [5, 5.41) is 9.04. The minimum atomic E-state index is -0.466. The zero-order chi connectivity index (χ0) is 20.3. The Morgan fingerprint density at radius 2 is 1.86 bits per heavy atom. The number of thiazole rings is 1. The van der Waals surface area contributed by atoms with Crippen molar-refractivity contribution in [1.29, 1.82) is 0 Å². The first kappa shape index (κ1) is 20.0. The van der Waals surface area contributed by atoms with Crippen molar-refractivity contribution in [1.82, 2.24) is 4.98 Å². The zero-order valence-corrected chi connectivity index (χ0v) is 17.7. The summed E-state index contributed by atoms with van der Waals surface area (Å²) in [6.45, 7) is 7.27. The summed E-state index contributed by atoms with van der Waals surface area (Å²) in [6, 6.07) is 8.02. The summed E-state index contributed by atoms with van der Waals surface area (Å²) in [7, 11) is 0. The van der Waals surface area contributed by atoms with Gasteiger partial charge in [0.25, 0.3) is 0 Å². The first-order valence-corrected chi connectivity index (χ1v) is 10.4. The van der Waals surface area contributed by atoms with Crippen molar-refractivity contribution in [2.24, 2.45) is 0 Å². The van der Waals surface area contributed by atoms with Gasteiger partial charge in [-0.3, -0.25) is 4.79 Å². The summed E-state index contributed by atoms with van der Waals surface area (Å²) in [5.41, 5.74) is 4.03. The molecule has 0 saturated carbocycles. The Morgan fingerprint density at radius 3 is 2.54 bits per heavy atom. The molecule has 0 spiro atoms. The van der Waals surface area contributed by atoms with Crippen molar-refractivity contribution in [2.45, 2.75) is 34.3 Å². The van der Waals surface area contributed by atoms with Gasteiger partial charge in [-0.15, -0.1) is 22.7 Å². The molecular weight excluding hydrogens is 394 g/mol. The van der Waals surface area contributed by atoms with Crippen molar-refractivity contribution in [3.05, 3.63) is 56.9 Å². The molecule has 0 aliphatic carbocycles.